The fraction of sp³-hybridized carbons (Fsp3) is 0.545. The number of carbonyl (C=O) groups is 1. The van der Waals surface area contributed by atoms with Crippen molar-refractivity contribution in [3.05, 3.63) is 34.5 Å². The van der Waals surface area contributed by atoms with Crippen molar-refractivity contribution in [3.63, 3.8) is 0 Å². The predicted molar refractivity (Wildman–Crippen MR) is 65.7 cm³/mol. The highest BCUT2D eigenvalue weighted by molar-refractivity contribution is 5.92. The first-order valence-electron chi connectivity index (χ1n) is 5.73. The second-order valence-electron chi connectivity index (χ2n) is 3.60. The number of hydrogen-bond acceptors (Lipinski definition) is 2. The summed E-state index contributed by atoms with van der Waals surface area (Å²) in [5, 5.41) is 6.27. The van der Waals surface area contributed by atoms with Gasteiger partial charge < -0.3 is 9.88 Å². The molecule has 1 rings (SSSR count). The Morgan fingerprint density at radius 3 is 3.12 bits per heavy atom. The minimum absolute atomic E-state index is 0.0550. The molecule has 0 unspecified atom stereocenters. The highest BCUT2D eigenvalue weighted by Crippen LogP contribution is 2.01. The molecule has 1 heterocycles. The van der Waals surface area contributed by atoms with Crippen LogP contribution in [-0.2, 0) is 6.54 Å². The van der Waals surface area contributed by atoms with E-state index in [0.29, 0.717) is 18.8 Å². The zero-order valence-electron chi connectivity index (χ0n) is 9.96. The summed E-state index contributed by atoms with van der Waals surface area (Å²) in [7, 11) is 0. The van der Waals surface area contributed by atoms with Crippen molar-refractivity contribution in [1.29, 1.82) is 0 Å². The van der Waals surface area contributed by atoms with Gasteiger partial charge >= 0.3 is 0 Å². The Morgan fingerprint density at radius 1 is 1.59 bits per heavy atom. The molecule has 0 bridgehead atoms. The van der Waals surface area contributed by atoms with Gasteiger partial charge in [-0.2, -0.15) is 0 Å². The van der Waals surface area contributed by atoms with E-state index >= 15 is 0 Å². The van der Waals surface area contributed by atoms with Crippen LogP contribution in [0.4, 0.5) is 0 Å². The summed E-state index contributed by atoms with van der Waals surface area (Å²) in [5.74, 6) is -0.0550. The Hall–Kier alpha value is -1.94. The van der Waals surface area contributed by atoms with E-state index in [2.05, 4.69) is 15.3 Å². The lowest BCUT2D eigenvalue weighted by Crippen LogP contribution is -2.26. The van der Waals surface area contributed by atoms with E-state index in [9.17, 15) is 4.79 Å². The maximum Gasteiger partial charge on any atom is 0.267 e. The van der Waals surface area contributed by atoms with Gasteiger partial charge in [0, 0.05) is 30.7 Å². The van der Waals surface area contributed by atoms with Gasteiger partial charge in [-0.25, -0.2) is 0 Å². The highest BCUT2D eigenvalue weighted by atomic mass is 16.1. The number of hydrogen-bond donors (Lipinski definition) is 1. The number of amides is 1. The number of unbranched alkanes of at least 4 members (excludes halogenated alkanes) is 1. The van der Waals surface area contributed by atoms with E-state index in [1.54, 1.807) is 6.07 Å². The summed E-state index contributed by atoms with van der Waals surface area (Å²) in [6.45, 7) is 3.87. The number of azide groups is 1. The zero-order chi connectivity index (χ0) is 12.5. The zero-order valence-corrected chi connectivity index (χ0v) is 9.96. The van der Waals surface area contributed by atoms with Crippen molar-refractivity contribution in [1.82, 2.24) is 9.88 Å². The topological polar surface area (TPSA) is 82.8 Å². The first-order chi connectivity index (χ1) is 8.29. The molecule has 0 atom stereocenters. The van der Waals surface area contributed by atoms with Crippen LogP contribution in [0.5, 0.6) is 0 Å². The van der Waals surface area contributed by atoms with Crippen LogP contribution in [0.25, 0.3) is 10.4 Å². The molecule has 92 valence electrons. The van der Waals surface area contributed by atoms with E-state index in [0.717, 1.165) is 19.4 Å². The largest absolute Gasteiger partial charge is 0.351 e. The van der Waals surface area contributed by atoms with Gasteiger partial charge in [0.1, 0.15) is 5.69 Å². The van der Waals surface area contributed by atoms with Crippen molar-refractivity contribution in [2.75, 3.05) is 13.1 Å². The third-order valence-corrected chi connectivity index (χ3v) is 2.44. The number of nitrogens with one attached hydrogen (secondary N) is 1. The fourth-order valence-corrected chi connectivity index (χ4v) is 1.54. The van der Waals surface area contributed by atoms with Gasteiger partial charge in [0.25, 0.3) is 5.91 Å². The van der Waals surface area contributed by atoms with Gasteiger partial charge in [-0.15, -0.1) is 0 Å². The van der Waals surface area contributed by atoms with Crippen LogP contribution >= 0.6 is 0 Å². The first kappa shape index (κ1) is 13.1. The molecule has 0 saturated heterocycles. The molecule has 1 N–H and O–H groups in total. The normalized spacial score (nSPS) is 9.71. The third kappa shape index (κ3) is 4.20. The molecule has 0 spiro atoms. The Bertz CT molecular complexity index is 406. The van der Waals surface area contributed by atoms with Crippen molar-refractivity contribution < 1.29 is 4.79 Å². The second kappa shape index (κ2) is 7.35. The van der Waals surface area contributed by atoms with Crippen LogP contribution in [0, 0.1) is 0 Å². The summed E-state index contributed by atoms with van der Waals surface area (Å²) >= 11 is 0. The van der Waals surface area contributed by atoms with E-state index in [1.165, 1.54) is 0 Å². The molecular weight excluding hydrogens is 218 g/mol. The van der Waals surface area contributed by atoms with E-state index in [-0.39, 0.29) is 5.91 Å². The van der Waals surface area contributed by atoms with Gasteiger partial charge in [0.05, 0.1) is 0 Å². The Morgan fingerprint density at radius 2 is 2.41 bits per heavy atom. The molecule has 0 aliphatic carbocycles. The lowest BCUT2D eigenvalue weighted by Gasteiger charge is -2.07. The molecule has 0 fully saturated rings. The van der Waals surface area contributed by atoms with Crippen LogP contribution < -0.4 is 5.32 Å². The fourth-order valence-electron chi connectivity index (χ4n) is 1.54. The Kier molecular flexibility index (Phi) is 5.68. The smallest absolute Gasteiger partial charge is 0.267 e. The number of carbonyl (C=O) groups excluding carboxylic acids is 1. The van der Waals surface area contributed by atoms with E-state index in [4.69, 9.17) is 5.53 Å². The van der Waals surface area contributed by atoms with Crippen LogP contribution in [0.1, 0.15) is 30.3 Å². The summed E-state index contributed by atoms with van der Waals surface area (Å²) in [6.07, 6.45) is 3.49. The first-order valence-corrected chi connectivity index (χ1v) is 5.73. The molecule has 1 aromatic rings. The molecule has 6 heteroatoms. The molecule has 0 radical (unpaired) electrons. The van der Waals surface area contributed by atoms with Crippen LogP contribution in [-0.4, -0.2) is 23.6 Å². The third-order valence-electron chi connectivity index (χ3n) is 2.44. The summed E-state index contributed by atoms with van der Waals surface area (Å²) in [5.41, 5.74) is 8.76. The van der Waals surface area contributed by atoms with Crippen LogP contribution in [0.3, 0.4) is 0 Å². The lowest BCUT2D eigenvalue weighted by atomic mass is 10.3. The molecule has 1 aromatic heterocycles. The Labute approximate surface area is 100 Å². The highest BCUT2D eigenvalue weighted by Gasteiger charge is 2.08. The van der Waals surface area contributed by atoms with Gasteiger partial charge in [0.2, 0.25) is 0 Å². The van der Waals surface area contributed by atoms with Crippen LogP contribution in [0.15, 0.2) is 23.4 Å². The quantitative estimate of drug-likeness (QED) is 0.334. The van der Waals surface area contributed by atoms with Gasteiger partial charge in [-0.05, 0) is 37.4 Å². The molecule has 6 nitrogen and oxygen atoms in total. The van der Waals surface area contributed by atoms with Crippen LogP contribution in [0.2, 0.25) is 0 Å². The minimum Gasteiger partial charge on any atom is -0.351 e. The SMILES string of the molecule is CCn1cccc1C(=O)NCCCCN=[N+]=[N-]. The van der Waals surface area contributed by atoms with Crippen molar-refractivity contribution >= 4 is 5.91 Å². The average molecular weight is 235 g/mol. The molecule has 0 aliphatic heterocycles. The molecule has 0 aromatic carbocycles. The second-order valence-corrected chi connectivity index (χ2v) is 3.60. The van der Waals surface area contributed by atoms with Gasteiger partial charge in [0.15, 0.2) is 0 Å². The van der Waals surface area contributed by atoms with Crippen molar-refractivity contribution in [2.45, 2.75) is 26.3 Å². The monoisotopic (exact) mass is 235 g/mol. The Balaban J connectivity index is 2.28. The average Bonchev–Trinajstić information content (AvgIpc) is 2.81. The maximum absolute atomic E-state index is 11.8. The number of nitrogens with zero attached hydrogens (tertiary/aromatic N) is 4. The van der Waals surface area contributed by atoms with E-state index < -0.39 is 0 Å². The van der Waals surface area contributed by atoms with E-state index in [1.807, 2.05) is 23.8 Å². The minimum atomic E-state index is -0.0550. The number of aromatic nitrogens is 1. The predicted octanol–water partition coefficient (Wildman–Crippen LogP) is 2.33. The molecule has 0 aliphatic rings. The summed E-state index contributed by atoms with van der Waals surface area (Å²) in [6, 6.07) is 3.67. The summed E-state index contributed by atoms with van der Waals surface area (Å²) in [4.78, 5) is 14.4. The maximum atomic E-state index is 11.8. The van der Waals surface area contributed by atoms with Crippen molar-refractivity contribution in [2.24, 2.45) is 5.11 Å². The number of aryl methyl sites for hydroxylation is 1. The summed E-state index contributed by atoms with van der Waals surface area (Å²) < 4.78 is 1.90. The molecular formula is C11H17N5O. The molecule has 0 saturated carbocycles. The van der Waals surface area contributed by atoms with Crippen molar-refractivity contribution in [3.8, 4) is 0 Å². The standard InChI is InChI=1S/C11H17N5O/c1-2-16-9-5-6-10(16)11(17)13-7-3-4-8-14-15-12/h5-6,9H,2-4,7-8H2,1H3,(H,13,17). The molecule has 17 heavy (non-hydrogen) atoms. The van der Waals surface area contributed by atoms with Gasteiger partial charge in [-0.3, -0.25) is 4.79 Å². The van der Waals surface area contributed by atoms with Gasteiger partial charge in [-0.1, -0.05) is 5.11 Å². The lowest BCUT2D eigenvalue weighted by molar-refractivity contribution is 0.0944. The molecule has 1 amide bonds. The number of rotatable bonds is 7.